The van der Waals surface area contributed by atoms with Crippen LogP contribution in [-0.4, -0.2) is 19.1 Å². The molecule has 0 radical (unpaired) electrons. The van der Waals surface area contributed by atoms with Crippen LogP contribution >= 0.6 is 0 Å². The SMILES string of the molecule is COc1cccc(COC2=CC(=O)N[C@H]2Cc2ccccc2)c1. The van der Waals surface area contributed by atoms with Gasteiger partial charge in [-0.15, -0.1) is 0 Å². The lowest BCUT2D eigenvalue weighted by Crippen LogP contribution is -2.31. The standard InChI is InChI=1S/C19H19NO3/c1-22-16-9-5-8-15(10-16)13-23-18-12-19(21)20-17(18)11-14-6-3-2-4-7-14/h2-10,12,17H,11,13H2,1H3,(H,20,21)/t17-/m0/s1. The van der Waals surface area contributed by atoms with E-state index < -0.39 is 0 Å². The fourth-order valence-corrected chi connectivity index (χ4v) is 2.59. The third-order valence-electron chi connectivity index (χ3n) is 3.76. The Hall–Kier alpha value is -2.75. The summed E-state index contributed by atoms with van der Waals surface area (Å²) in [6, 6.07) is 17.7. The highest BCUT2D eigenvalue weighted by atomic mass is 16.5. The predicted octanol–water partition coefficient (Wildman–Crippen LogP) is 2.84. The van der Waals surface area contributed by atoms with Crippen LogP contribution in [0.2, 0.25) is 0 Å². The molecule has 4 heteroatoms. The Labute approximate surface area is 135 Å². The number of amides is 1. The largest absolute Gasteiger partial charge is 0.497 e. The third kappa shape index (κ3) is 3.92. The molecule has 118 valence electrons. The average Bonchev–Trinajstić information content (AvgIpc) is 2.93. The maximum Gasteiger partial charge on any atom is 0.248 e. The zero-order valence-corrected chi connectivity index (χ0v) is 13.0. The third-order valence-corrected chi connectivity index (χ3v) is 3.76. The molecule has 23 heavy (non-hydrogen) atoms. The minimum atomic E-state index is -0.115. The molecule has 1 aliphatic rings. The van der Waals surface area contributed by atoms with E-state index in [0.29, 0.717) is 12.4 Å². The van der Waals surface area contributed by atoms with Gasteiger partial charge in [0, 0.05) is 6.08 Å². The summed E-state index contributed by atoms with van der Waals surface area (Å²) in [5.74, 6) is 1.37. The van der Waals surface area contributed by atoms with E-state index >= 15 is 0 Å². The van der Waals surface area contributed by atoms with E-state index in [1.54, 1.807) is 7.11 Å². The van der Waals surface area contributed by atoms with Crippen molar-refractivity contribution in [1.82, 2.24) is 5.32 Å². The lowest BCUT2D eigenvalue weighted by atomic mass is 10.1. The van der Waals surface area contributed by atoms with Gasteiger partial charge < -0.3 is 14.8 Å². The fourth-order valence-electron chi connectivity index (χ4n) is 2.59. The van der Waals surface area contributed by atoms with Crippen molar-refractivity contribution in [3.05, 3.63) is 77.6 Å². The monoisotopic (exact) mass is 309 g/mol. The first-order valence-corrected chi connectivity index (χ1v) is 7.56. The maximum absolute atomic E-state index is 11.7. The van der Waals surface area contributed by atoms with Crippen LogP contribution < -0.4 is 10.1 Å². The van der Waals surface area contributed by atoms with Gasteiger partial charge in [0.2, 0.25) is 5.91 Å². The Bertz CT molecular complexity index is 710. The average molecular weight is 309 g/mol. The van der Waals surface area contributed by atoms with E-state index in [9.17, 15) is 4.79 Å². The highest BCUT2D eigenvalue weighted by Crippen LogP contribution is 2.19. The quantitative estimate of drug-likeness (QED) is 0.892. The van der Waals surface area contributed by atoms with Crippen molar-refractivity contribution in [3.63, 3.8) is 0 Å². The van der Waals surface area contributed by atoms with Crippen molar-refractivity contribution in [1.29, 1.82) is 0 Å². The van der Waals surface area contributed by atoms with Gasteiger partial charge in [-0.3, -0.25) is 4.79 Å². The minimum absolute atomic E-state index is 0.105. The van der Waals surface area contributed by atoms with Crippen LogP contribution in [0.25, 0.3) is 0 Å². The van der Waals surface area contributed by atoms with Crippen LogP contribution in [0.5, 0.6) is 5.75 Å². The topological polar surface area (TPSA) is 47.6 Å². The lowest BCUT2D eigenvalue weighted by Gasteiger charge is -2.16. The van der Waals surface area contributed by atoms with E-state index in [1.807, 2.05) is 54.6 Å². The van der Waals surface area contributed by atoms with Gasteiger partial charge in [0.1, 0.15) is 18.1 Å². The van der Waals surface area contributed by atoms with Gasteiger partial charge in [-0.2, -0.15) is 0 Å². The van der Waals surface area contributed by atoms with Gasteiger partial charge in [-0.05, 0) is 29.7 Å². The summed E-state index contributed by atoms with van der Waals surface area (Å²) in [5.41, 5.74) is 2.17. The van der Waals surface area contributed by atoms with Crippen LogP contribution in [0.15, 0.2) is 66.4 Å². The predicted molar refractivity (Wildman–Crippen MR) is 87.9 cm³/mol. The second kappa shape index (κ2) is 7.01. The number of benzene rings is 2. The molecule has 0 fully saturated rings. The summed E-state index contributed by atoms with van der Waals surface area (Å²) >= 11 is 0. The Balaban J connectivity index is 1.65. The van der Waals surface area contributed by atoms with E-state index in [2.05, 4.69) is 5.32 Å². The Kier molecular flexibility index (Phi) is 4.62. The van der Waals surface area contributed by atoms with Gasteiger partial charge in [-0.1, -0.05) is 42.5 Å². The summed E-state index contributed by atoms with van der Waals surface area (Å²) < 4.78 is 11.1. The zero-order chi connectivity index (χ0) is 16.1. The van der Waals surface area contributed by atoms with Crippen molar-refractivity contribution in [2.45, 2.75) is 19.1 Å². The van der Waals surface area contributed by atoms with Crippen LogP contribution in [0.1, 0.15) is 11.1 Å². The van der Waals surface area contributed by atoms with Crippen LogP contribution in [0.3, 0.4) is 0 Å². The number of hydrogen-bond donors (Lipinski definition) is 1. The fraction of sp³-hybridized carbons (Fsp3) is 0.211. The first-order chi connectivity index (χ1) is 11.2. The van der Waals surface area contributed by atoms with Crippen LogP contribution in [0, 0.1) is 0 Å². The highest BCUT2D eigenvalue weighted by molar-refractivity contribution is 5.91. The Morgan fingerprint density at radius 3 is 2.61 bits per heavy atom. The van der Waals surface area contributed by atoms with E-state index in [0.717, 1.165) is 23.3 Å². The molecule has 1 N–H and O–H groups in total. The smallest absolute Gasteiger partial charge is 0.248 e. The molecule has 1 atom stereocenters. The minimum Gasteiger partial charge on any atom is -0.497 e. The number of methoxy groups -OCH3 is 1. The Morgan fingerprint density at radius 1 is 1.04 bits per heavy atom. The molecular weight excluding hydrogens is 290 g/mol. The summed E-state index contributed by atoms with van der Waals surface area (Å²) in [6.07, 6.45) is 2.25. The van der Waals surface area contributed by atoms with E-state index in [1.165, 1.54) is 6.08 Å². The number of carbonyl (C=O) groups is 1. The van der Waals surface area contributed by atoms with E-state index in [4.69, 9.17) is 9.47 Å². The molecular formula is C19H19NO3. The molecule has 0 unspecified atom stereocenters. The molecule has 4 nitrogen and oxygen atoms in total. The Morgan fingerprint density at radius 2 is 1.83 bits per heavy atom. The number of carbonyl (C=O) groups excluding carboxylic acids is 1. The van der Waals surface area contributed by atoms with Gasteiger partial charge in [-0.25, -0.2) is 0 Å². The summed E-state index contributed by atoms with van der Waals surface area (Å²) in [6.45, 7) is 0.406. The second-order valence-corrected chi connectivity index (χ2v) is 5.44. The summed E-state index contributed by atoms with van der Waals surface area (Å²) in [4.78, 5) is 11.7. The summed E-state index contributed by atoms with van der Waals surface area (Å²) in [7, 11) is 1.64. The molecule has 0 saturated heterocycles. The summed E-state index contributed by atoms with van der Waals surface area (Å²) in [5, 5.41) is 2.93. The zero-order valence-electron chi connectivity index (χ0n) is 13.0. The first-order valence-electron chi connectivity index (χ1n) is 7.56. The molecule has 0 aliphatic carbocycles. The second-order valence-electron chi connectivity index (χ2n) is 5.44. The molecule has 2 aromatic rings. The van der Waals surface area contributed by atoms with Crippen LogP contribution in [0.4, 0.5) is 0 Å². The number of hydrogen-bond acceptors (Lipinski definition) is 3. The molecule has 3 rings (SSSR count). The van der Waals surface area contributed by atoms with Crippen molar-refractivity contribution < 1.29 is 14.3 Å². The van der Waals surface area contributed by atoms with Gasteiger partial charge >= 0.3 is 0 Å². The van der Waals surface area contributed by atoms with Crippen molar-refractivity contribution >= 4 is 5.91 Å². The number of rotatable bonds is 6. The molecule has 1 heterocycles. The van der Waals surface area contributed by atoms with Crippen molar-refractivity contribution in [2.75, 3.05) is 7.11 Å². The molecule has 0 bridgehead atoms. The number of ether oxygens (including phenoxy) is 2. The van der Waals surface area contributed by atoms with E-state index in [-0.39, 0.29) is 11.9 Å². The molecule has 0 saturated carbocycles. The molecule has 0 spiro atoms. The normalized spacial score (nSPS) is 16.7. The molecule has 2 aromatic carbocycles. The van der Waals surface area contributed by atoms with Crippen molar-refractivity contribution in [2.24, 2.45) is 0 Å². The first kappa shape index (κ1) is 15.2. The van der Waals surface area contributed by atoms with Crippen molar-refractivity contribution in [3.8, 4) is 5.75 Å². The van der Waals surface area contributed by atoms with Gasteiger partial charge in [0.25, 0.3) is 0 Å². The molecule has 1 aliphatic heterocycles. The maximum atomic E-state index is 11.7. The number of nitrogens with one attached hydrogen (secondary N) is 1. The van der Waals surface area contributed by atoms with Gasteiger partial charge in [0.05, 0.1) is 13.2 Å². The molecule has 0 aromatic heterocycles. The van der Waals surface area contributed by atoms with Crippen LogP contribution in [-0.2, 0) is 22.6 Å². The van der Waals surface area contributed by atoms with Gasteiger partial charge in [0.15, 0.2) is 0 Å². The highest BCUT2D eigenvalue weighted by Gasteiger charge is 2.25. The molecule has 1 amide bonds. The lowest BCUT2D eigenvalue weighted by molar-refractivity contribution is -0.116.